The highest BCUT2D eigenvalue weighted by atomic mass is 79.9. The second-order valence-electron chi connectivity index (χ2n) is 8.33. The van der Waals surface area contributed by atoms with Gasteiger partial charge in [-0.2, -0.15) is 0 Å². The Morgan fingerprint density at radius 1 is 1.22 bits per heavy atom. The fourth-order valence-corrected chi connectivity index (χ4v) is 3.72. The van der Waals surface area contributed by atoms with Crippen LogP contribution in [0.4, 0.5) is 11.5 Å². The molecule has 1 saturated carbocycles. The third kappa shape index (κ3) is 6.03. The Labute approximate surface area is 196 Å². The first-order chi connectivity index (χ1) is 15.2. The number of benzene rings is 1. The van der Waals surface area contributed by atoms with Crippen LogP contribution in [0.1, 0.15) is 59.7 Å². The summed E-state index contributed by atoms with van der Waals surface area (Å²) in [4.78, 5) is 30.4. The van der Waals surface area contributed by atoms with Gasteiger partial charge in [0.2, 0.25) is 0 Å². The number of carbonyl (C=O) groups is 2. The van der Waals surface area contributed by atoms with E-state index in [1.54, 1.807) is 12.3 Å². The van der Waals surface area contributed by atoms with Gasteiger partial charge in [-0.25, -0.2) is 4.98 Å². The van der Waals surface area contributed by atoms with Gasteiger partial charge in [-0.15, -0.1) is 0 Å². The summed E-state index contributed by atoms with van der Waals surface area (Å²) in [5.74, 6) is 0.315. The first-order valence-corrected chi connectivity index (χ1v) is 11.4. The third-order valence-electron chi connectivity index (χ3n) is 5.01. The van der Waals surface area contributed by atoms with Crippen LogP contribution in [0.5, 0.6) is 0 Å². The molecule has 0 saturated heterocycles. The van der Waals surface area contributed by atoms with Gasteiger partial charge in [-0.05, 0) is 97.3 Å². The van der Waals surface area contributed by atoms with E-state index < -0.39 is 5.91 Å². The number of anilines is 2. The number of aryl methyl sites for hydroxylation is 2. The minimum absolute atomic E-state index is 0.0390. The fourth-order valence-electron chi connectivity index (χ4n) is 3.49. The number of rotatable bonds is 8. The Morgan fingerprint density at radius 2 is 1.94 bits per heavy atom. The molecule has 0 aliphatic heterocycles. The summed E-state index contributed by atoms with van der Waals surface area (Å²) in [5.41, 5.74) is 3.74. The van der Waals surface area contributed by atoms with Crippen LogP contribution in [-0.4, -0.2) is 27.5 Å². The van der Waals surface area contributed by atoms with E-state index in [9.17, 15) is 9.59 Å². The molecule has 0 spiro atoms. The summed E-state index contributed by atoms with van der Waals surface area (Å²) in [6.07, 6.45) is 5.24. The molecule has 1 aliphatic rings. The summed E-state index contributed by atoms with van der Waals surface area (Å²) in [6, 6.07) is 7.51. The highest BCUT2D eigenvalue weighted by Gasteiger charge is 2.27. The lowest BCUT2D eigenvalue weighted by atomic mass is 10.0. The molecule has 2 amide bonds. The number of halogens is 1. The summed E-state index contributed by atoms with van der Waals surface area (Å²) in [5, 5.41) is 16.7. The van der Waals surface area contributed by atoms with Crippen molar-refractivity contribution in [2.45, 2.75) is 52.5 Å². The molecule has 168 valence electrons. The fraction of sp³-hybridized carbons (Fsp3) is 0.333. The number of hydrogen-bond acceptors (Lipinski definition) is 5. The molecule has 0 unspecified atom stereocenters. The molecule has 1 aromatic heterocycles. The van der Waals surface area contributed by atoms with Gasteiger partial charge < -0.3 is 16.0 Å². The van der Waals surface area contributed by atoms with Gasteiger partial charge in [-0.1, -0.05) is 12.1 Å². The number of pyridine rings is 1. The molecular formula is C24H28BrN5O2. The Morgan fingerprint density at radius 3 is 2.56 bits per heavy atom. The smallest absolute Gasteiger partial charge is 0.272 e. The molecule has 1 aliphatic carbocycles. The SMILES string of the molecule is Cc1cc(C)c(NC(=O)C(=CC(=N)Br)Nc2ncccc2C2CC2)c(C(=O)NC(C)C)c1. The number of aromatic nitrogens is 1. The number of allylic oxidation sites excluding steroid dienone is 1. The average molecular weight is 498 g/mol. The Bertz CT molecular complexity index is 1090. The van der Waals surface area contributed by atoms with Gasteiger partial charge in [-0.3, -0.25) is 15.0 Å². The predicted molar refractivity (Wildman–Crippen MR) is 132 cm³/mol. The topological polar surface area (TPSA) is 107 Å². The Balaban J connectivity index is 1.93. The van der Waals surface area contributed by atoms with Gasteiger partial charge >= 0.3 is 0 Å². The summed E-state index contributed by atoms with van der Waals surface area (Å²) in [7, 11) is 0. The van der Waals surface area contributed by atoms with Gasteiger partial charge in [0.15, 0.2) is 0 Å². The minimum atomic E-state index is -0.466. The van der Waals surface area contributed by atoms with Crippen molar-refractivity contribution in [3.63, 3.8) is 0 Å². The second-order valence-corrected chi connectivity index (χ2v) is 9.19. The van der Waals surface area contributed by atoms with Crippen molar-refractivity contribution in [1.29, 1.82) is 5.41 Å². The molecule has 3 rings (SSSR count). The number of amides is 2. The minimum Gasteiger partial charge on any atom is -0.350 e. The summed E-state index contributed by atoms with van der Waals surface area (Å²) < 4.78 is 0.0393. The maximum absolute atomic E-state index is 13.3. The molecule has 2 aromatic rings. The Kier molecular flexibility index (Phi) is 7.45. The standard InChI is InChI=1S/C24H28BrN5O2/c1-13(2)28-23(31)18-11-14(3)10-15(4)21(18)30-24(32)19(12-20(25)26)29-22-17(16-7-8-16)6-5-9-27-22/h5-6,9-13,16,26H,7-8H2,1-4H3,(H,27,29)(H,28,31)(H,30,32). The maximum atomic E-state index is 13.3. The zero-order valence-electron chi connectivity index (χ0n) is 18.7. The van der Waals surface area contributed by atoms with Crippen molar-refractivity contribution in [3.8, 4) is 0 Å². The second kappa shape index (κ2) is 10.1. The number of hydrogen-bond donors (Lipinski definition) is 4. The van der Waals surface area contributed by atoms with Crippen LogP contribution < -0.4 is 16.0 Å². The summed E-state index contributed by atoms with van der Waals surface area (Å²) in [6.45, 7) is 7.53. The van der Waals surface area contributed by atoms with E-state index in [0.29, 0.717) is 23.0 Å². The van der Waals surface area contributed by atoms with Crippen molar-refractivity contribution in [2.24, 2.45) is 0 Å². The molecule has 0 bridgehead atoms. The van der Waals surface area contributed by atoms with Crippen LogP contribution in [0, 0.1) is 19.3 Å². The maximum Gasteiger partial charge on any atom is 0.272 e. The van der Waals surface area contributed by atoms with Crippen molar-refractivity contribution in [2.75, 3.05) is 10.6 Å². The van der Waals surface area contributed by atoms with Crippen molar-refractivity contribution in [1.82, 2.24) is 10.3 Å². The molecule has 4 N–H and O–H groups in total. The largest absolute Gasteiger partial charge is 0.350 e. The van der Waals surface area contributed by atoms with Crippen molar-refractivity contribution < 1.29 is 9.59 Å². The molecule has 1 aromatic carbocycles. The van der Waals surface area contributed by atoms with E-state index in [1.165, 1.54) is 6.08 Å². The summed E-state index contributed by atoms with van der Waals surface area (Å²) >= 11 is 3.09. The van der Waals surface area contributed by atoms with Crippen LogP contribution in [0.25, 0.3) is 0 Å². The van der Waals surface area contributed by atoms with E-state index in [-0.39, 0.29) is 22.3 Å². The highest BCUT2D eigenvalue weighted by Crippen LogP contribution is 2.42. The molecule has 0 atom stereocenters. The van der Waals surface area contributed by atoms with E-state index in [1.807, 2.05) is 45.9 Å². The lowest BCUT2D eigenvalue weighted by Crippen LogP contribution is -2.31. The van der Waals surface area contributed by atoms with Gasteiger partial charge in [0.05, 0.1) is 15.9 Å². The van der Waals surface area contributed by atoms with Gasteiger partial charge in [0.1, 0.15) is 11.5 Å². The third-order valence-corrected chi connectivity index (χ3v) is 5.24. The van der Waals surface area contributed by atoms with Crippen LogP contribution in [0.3, 0.4) is 0 Å². The molecule has 1 fully saturated rings. The van der Waals surface area contributed by atoms with Crippen LogP contribution in [0.2, 0.25) is 0 Å². The van der Waals surface area contributed by atoms with Crippen molar-refractivity contribution >= 4 is 43.9 Å². The molecule has 8 heteroatoms. The molecule has 1 heterocycles. The predicted octanol–water partition coefficient (Wildman–Crippen LogP) is 5.02. The average Bonchev–Trinajstić information content (AvgIpc) is 3.54. The van der Waals surface area contributed by atoms with E-state index in [4.69, 9.17) is 5.41 Å². The zero-order chi connectivity index (χ0) is 23.4. The molecule has 0 radical (unpaired) electrons. The van der Waals surface area contributed by atoms with E-state index in [0.717, 1.165) is 29.5 Å². The highest BCUT2D eigenvalue weighted by molar-refractivity contribution is 9.18. The van der Waals surface area contributed by atoms with E-state index >= 15 is 0 Å². The van der Waals surface area contributed by atoms with Gasteiger partial charge in [0, 0.05) is 12.2 Å². The number of carbonyl (C=O) groups excluding carboxylic acids is 2. The van der Waals surface area contributed by atoms with Crippen LogP contribution in [-0.2, 0) is 4.79 Å². The monoisotopic (exact) mass is 497 g/mol. The Hall–Kier alpha value is -3.00. The van der Waals surface area contributed by atoms with Crippen molar-refractivity contribution in [3.05, 3.63) is 64.5 Å². The number of nitrogens with zero attached hydrogens (tertiary/aromatic N) is 1. The normalized spacial score (nSPS) is 13.6. The zero-order valence-corrected chi connectivity index (χ0v) is 20.3. The van der Waals surface area contributed by atoms with Crippen LogP contribution >= 0.6 is 15.9 Å². The lowest BCUT2D eigenvalue weighted by molar-refractivity contribution is -0.112. The molecular weight excluding hydrogens is 470 g/mol. The van der Waals surface area contributed by atoms with Crippen LogP contribution in [0.15, 0.2) is 42.2 Å². The lowest BCUT2D eigenvalue weighted by Gasteiger charge is -2.18. The molecule has 32 heavy (non-hydrogen) atoms. The van der Waals surface area contributed by atoms with Gasteiger partial charge in [0.25, 0.3) is 11.8 Å². The molecule has 7 nitrogen and oxygen atoms in total. The number of nitrogens with one attached hydrogen (secondary N) is 4. The first kappa shape index (κ1) is 23.7. The first-order valence-electron chi connectivity index (χ1n) is 10.6. The quantitative estimate of drug-likeness (QED) is 0.303. The van der Waals surface area contributed by atoms with E-state index in [2.05, 4.69) is 36.9 Å².